The zero-order chi connectivity index (χ0) is 21.2. The summed E-state index contributed by atoms with van der Waals surface area (Å²) in [4.78, 5) is 14.2. The third-order valence-corrected chi connectivity index (χ3v) is 7.02. The molecule has 2 atom stereocenters. The number of hydrogen-bond acceptors (Lipinski definition) is 8. The number of pyridine rings is 1. The number of likely N-dealkylation sites (tertiary alicyclic amines) is 2. The Kier molecular flexibility index (Phi) is 5.90. The average molecular weight is 422 g/mol. The van der Waals surface area contributed by atoms with Crippen molar-refractivity contribution in [3.8, 4) is 6.07 Å². The number of piperidine rings is 1. The molecule has 4 aliphatic rings. The van der Waals surface area contributed by atoms with E-state index in [2.05, 4.69) is 32.2 Å². The van der Waals surface area contributed by atoms with Crippen LogP contribution >= 0.6 is 0 Å². The van der Waals surface area contributed by atoms with Gasteiger partial charge in [-0.25, -0.2) is 9.98 Å². The predicted molar refractivity (Wildman–Crippen MR) is 119 cm³/mol. The summed E-state index contributed by atoms with van der Waals surface area (Å²) in [6.45, 7) is 5.00. The second-order valence-electron chi connectivity index (χ2n) is 9.02. The number of anilines is 1. The molecule has 1 aromatic rings. The van der Waals surface area contributed by atoms with E-state index in [9.17, 15) is 5.26 Å². The van der Waals surface area contributed by atoms with Crippen molar-refractivity contribution >= 4 is 11.7 Å². The number of nitrogens with two attached hydrogens (primary N) is 1. The molecule has 3 N–H and O–H groups in total. The summed E-state index contributed by atoms with van der Waals surface area (Å²) in [5.74, 6) is 2.26. The summed E-state index contributed by atoms with van der Waals surface area (Å²) in [5.41, 5.74) is 8.43. The smallest absolute Gasteiger partial charge is 0.128 e. The number of aliphatic imine (C=N–C) groups is 1. The highest BCUT2D eigenvalue weighted by molar-refractivity contribution is 5.95. The van der Waals surface area contributed by atoms with E-state index in [4.69, 9.17) is 15.5 Å². The molecule has 0 amide bonds. The third kappa shape index (κ3) is 4.45. The van der Waals surface area contributed by atoms with Crippen LogP contribution in [0.4, 0.5) is 5.82 Å². The van der Waals surface area contributed by atoms with Crippen LogP contribution < -0.4 is 11.1 Å². The number of nitrogens with one attached hydrogen (secondary N) is 1. The zero-order valence-corrected chi connectivity index (χ0v) is 17.9. The number of ether oxygens (including phenoxy) is 1. The molecule has 0 aliphatic carbocycles. The van der Waals surface area contributed by atoms with E-state index in [-0.39, 0.29) is 12.3 Å². The zero-order valence-electron chi connectivity index (χ0n) is 17.9. The van der Waals surface area contributed by atoms with E-state index < -0.39 is 0 Å². The predicted octanol–water partition coefficient (Wildman–Crippen LogP) is 1.91. The standard InChI is InChI=1S/C23H31N7O/c24-13-16-3-6-26-21(10-16)27-22-11-18(12-23(28-22)30-7-1-2-20(30)25)17-4-8-29(9-5-17)19-14-31-15-19/h3,6,10,12,17,19-20,22H,1-2,4-5,7-9,11,14-15,25H2,(H,26,27)/t20-,22?/m0/s1. The summed E-state index contributed by atoms with van der Waals surface area (Å²) < 4.78 is 5.38. The topological polar surface area (TPSA) is 103 Å². The van der Waals surface area contributed by atoms with Gasteiger partial charge in [0.25, 0.3) is 0 Å². The first-order valence-corrected chi connectivity index (χ1v) is 11.4. The molecule has 164 valence electrons. The van der Waals surface area contributed by atoms with Crippen molar-refractivity contribution in [3.63, 3.8) is 0 Å². The van der Waals surface area contributed by atoms with Crippen LogP contribution in [0.25, 0.3) is 0 Å². The van der Waals surface area contributed by atoms with Gasteiger partial charge < -0.3 is 20.7 Å². The van der Waals surface area contributed by atoms with Gasteiger partial charge in [0.15, 0.2) is 0 Å². The Morgan fingerprint density at radius 1 is 1.19 bits per heavy atom. The number of rotatable bonds is 4. The fourth-order valence-corrected chi connectivity index (χ4v) is 5.11. The first-order valence-electron chi connectivity index (χ1n) is 11.4. The highest BCUT2D eigenvalue weighted by atomic mass is 16.5. The number of hydrogen-bond donors (Lipinski definition) is 2. The number of amidine groups is 1. The largest absolute Gasteiger partial charge is 0.378 e. The van der Waals surface area contributed by atoms with E-state index >= 15 is 0 Å². The molecule has 3 fully saturated rings. The first-order chi connectivity index (χ1) is 15.2. The van der Waals surface area contributed by atoms with Gasteiger partial charge in [-0.1, -0.05) is 5.57 Å². The molecule has 1 aromatic heterocycles. The summed E-state index contributed by atoms with van der Waals surface area (Å²) in [5, 5.41) is 12.7. The summed E-state index contributed by atoms with van der Waals surface area (Å²) >= 11 is 0. The molecule has 1 unspecified atom stereocenters. The number of nitriles is 1. The Labute approximate surface area is 183 Å². The maximum absolute atomic E-state index is 9.20. The van der Waals surface area contributed by atoms with Gasteiger partial charge >= 0.3 is 0 Å². The molecule has 5 rings (SSSR count). The van der Waals surface area contributed by atoms with Crippen molar-refractivity contribution in [3.05, 3.63) is 35.5 Å². The Hall–Kier alpha value is -2.47. The normalized spacial score (nSPS) is 27.9. The highest BCUT2D eigenvalue weighted by Gasteiger charge is 2.33. The van der Waals surface area contributed by atoms with Gasteiger partial charge in [0.05, 0.1) is 37.1 Å². The van der Waals surface area contributed by atoms with E-state index in [1.165, 1.54) is 18.4 Å². The molecule has 8 nitrogen and oxygen atoms in total. The third-order valence-electron chi connectivity index (χ3n) is 7.02. The van der Waals surface area contributed by atoms with Gasteiger partial charge in [-0.3, -0.25) is 4.90 Å². The summed E-state index contributed by atoms with van der Waals surface area (Å²) in [7, 11) is 0. The molecular weight excluding hydrogens is 390 g/mol. The van der Waals surface area contributed by atoms with Crippen LogP contribution in [-0.4, -0.2) is 71.8 Å². The van der Waals surface area contributed by atoms with Crippen LogP contribution in [0, 0.1) is 17.2 Å². The molecule has 8 heteroatoms. The Morgan fingerprint density at radius 2 is 2.03 bits per heavy atom. The lowest BCUT2D eigenvalue weighted by Gasteiger charge is -2.42. The van der Waals surface area contributed by atoms with Crippen molar-refractivity contribution in [2.24, 2.45) is 16.6 Å². The fraction of sp³-hybridized carbons (Fsp3) is 0.609. The quantitative estimate of drug-likeness (QED) is 0.765. The van der Waals surface area contributed by atoms with Crippen molar-refractivity contribution in [1.82, 2.24) is 14.8 Å². The Balaban J connectivity index is 1.33. The lowest BCUT2D eigenvalue weighted by atomic mass is 9.84. The highest BCUT2D eigenvalue weighted by Crippen LogP contribution is 2.33. The molecular formula is C23H31N7O. The van der Waals surface area contributed by atoms with Crippen LogP contribution in [-0.2, 0) is 4.74 Å². The van der Waals surface area contributed by atoms with Gasteiger partial charge in [-0.2, -0.15) is 5.26 Å². The minimum absolute atomic E-state index is 0.0375. The summed E-state index contributed by atoms with van der Waals surface area (Å²) in [6.07, 6.45) is 9.24. The maximum atomic E-state index is 9.20. The second-order valence-corrected chi connectivity index (χ2v) is 9.02. The van der Waals surface area contributed by atoms with E-state index in [1.807, 2.05) is 0 Å². The SMILES string of the molecule is N#Cc1ccnc(NC2CC(C3CCN(C4COC4)CC3)=CC(N3CCC[C@H]3N)=N2)c1. The Bertz CT molecular complexity index is 895. The van der Waals surface area contributed by atoms with Gasteiger partial charge in [0.1, 0.15) is 17.8 Å². The molecule has 0 radical (unpaired) electrons. The molecule has 0 spiro atoms. The monoisotopic (exact) mass is 421 g/mol. The summed E-state index contributed by atoms with van der Waals surface area (Å²) in [6, 6.07) is 6.31. The van der Waals surface area contributed by atoms with Crippen LogP contribution in [0.3, 0.4) is 0 Å². The molecule has 3 saturated heterocycles. The van der Waals surface area contributed by atoms with Gasteiger partial charge in [-0.15, -0.1) is 0 Å². The lowest BCUT2D eigenvalue weighted by Crippen LogP contribution is -2.52. The first kappa shape index (κ1) is 20.4. The van der Waals surface area contributed by atoms with Crippen molar-refractivity contribution in [2.45, 2.75) is 50.5 Å². The van der Waals surface area contributed by atoms with E-state index in [0.717, 1.165) is 57.9 Å². The van der Waals surface area contributed by atoms with Crippen LogP contribution in [0.2, 0.25) is 0 Å². The van der Waals surface area contributed by atoms with Crippen LogP contribution in [0.5, 0.6) is 0 Å². The number of dihydropyridines is 1. The van der Waals surface area contributed by atoms with Crippen molar-refractivity contribution < 1.29 is 4.74 Å². The van der Waals surface area contributed by atoms with Crippen LogP contribution in [0.1, 0.15) is 37.7 Å². The molecule has 5 heterocycles. The van der Waals surface area contributed by atoms with Crippen molar-refractivity contribution in [1.29, 1.82) is 5.26 Å². The van der Waals surface area contributed by atoms with E-state index in [1.54, 1.807) is 18.3 Å². The lowest BCUT2D eigenvalue weighted by molar-refractivity contribution is -0.0726. The molecule has 31 heavy (non-hydrogen) atoms. The van der Waals surface area contributed by atoms with Gasteiger partial charge in [0, 0.05) is 19.2 Å². The van der Waals surface area contributed by atoms with Gasteiger partial charge in [0.2, 0.25) is 0 Å². The Morgan fingerprint density at radius 3 is 2.71 bits per heavy atom. The molecule has 0 bridgehead atoms. The average Bonchev–Trinajstić information content (AvgIpc) is 3.19. The van der Waals surface area contributed by atoms with Crippen molar-refractivity contribution in [2.75, 3.05) is 38.2 Å². The molecule has 4 aliphatic heterocycles. The fourth-order valence-electron chi connectivity index (χ4n) is 5.11. The minimum Gasteiger partial charge on any atom is -0.378 e. The molecule has 0 aromatic carbocycles. The second kappa shape index (κ2) is 8.95. The maximum Gasteiger partial charge on any atom is 0.128 e. The van der Waals surface area contributed by atoms with Crippen LogP contribution in [0.15, 0.2) is 35.0 Å². The molecule has 0 saturated carbocycles. The van der Waals surface area contributed by atoms with E-state index in [0.29, 0.717) is 23.3 Å². The minimum atomic E-state index is -0.0951. The van der Waals surface area contributed by atoms with Gasteiger partial charge in [-0.05, 0) is 62.9 Å². The number of aromatic nitrogens is 1. The number of nitrogens with zero attached hydrogens (tertiary/aromatic N) is 5.